The summed E-state index contributed by atoms with van der Waals surface area (Å²) >= 11 is 0. The minimum atomic E-state index is -6.41. The average molecular weight is 402 g/mol. The third kappa shape index (κ3) is 2.53. The highest BCUT2D eigenvalue weighted by Gasteiger charge is 2.69. The van der Waals surface area contributed by atoms with Crippen LogP contribution in [0.15, 0.2) is 0 Å². The Labute approximate surface area is 133 Å². The first-order valence-electron chi connectivity index (χ1n) is 6.65. The summed E-state index contributed by atoms with van der Waals surface area (Å²) in [7, 11) is -10.4. The summed E-state index contributed by atoms with van der Waals surface area (Å²) in [5.74, 6) is -1.47. The van der Waals surface area contributed by atoms with Gasteiger partial charge in [-0.2, -0.15) is 38.8 Å². The largest absolute Gasteiger partial charge is 0.421 e. The van der Waals surface area contributed by atoms with Crippen molar-refractivity contribution < 1.29 is 52.3 Å². The zero-order valence-electron chi connectivity index (χ0n) is 11.5. The molecule has 2 aliphatic carbocycles. The molecule has 1 saturated heterocycles. The van der Waals surface area contributed by atoms with E-state index in [1.165, 1.54) is 0 Å². The number of halogens is 5. The SMILES string of the molecule is O=S1(=O)OC2C3CC(CC31)C2OC(C(F)(F)F)C(F)(F)S(=O)(=O)O. The summed E-state index contributed by atoms with van der Waals surface area (Å²) < 4.78 is 128. The third-order valence-corrected chi connectivity index (χ3v) is 7.33. The maximum Gasteiger partial charge on any atom is 0.421 e. The summed E-state index contributed by atoms with van der Waals surface area (Å²) in [5, 5.41) is -6.57. The molecule has 0 aromatic heterocycles. The second-order valence-electron chi connectivity index (χ2n) is 6.05. The molecule has 24 heavy (non-hydrogen) atoms. The lowest BCUT2D eigenvalue weighted by Crippen LogP contribution is -2.54. The Morgan fingerprint density at radius 2 is 1.75 bits per heavy atom. The molecule has 3 fully saturated rings. The molecule has 6 atom stereocenters. The molecule has 0 amide bonds. The highest BCUT2D eigenvalue weighted by Crippen LogP contribution is 2.56. The molecule has 0 spiro atoms. The van der Waals surface area contributed by atoms with Gasteiger partial charge in [-0.15, -0.1) is 0 Å². The summed E-state index contributed by atoms with van der Waals surface area (Å²) in [6, 6.07) is 0. The number of fused-ring (bicyclic) bond motifs is 1. The van der Waals surface area contributed by atoms with Crippen molar-refractivity contribution in [2.45, 2.75) is 47.8 Å². The van der Waals surface area contributed by atoms with Crippen LogP contribution in [0, 0.1) is 11.8 Å². The van der Waals surface area contributed by atoms with Gasteiger partial charge in [-0.3, -0.25) is 8.74 Å². The molecule has 0 aromatic rings. The quantitative estimate of drug-likeness (QED) is 0.423. The lowest BCUT2D eigenvalue weighted by molar-refractivity contribution is -0.284. The van der Waals surface area contributed by atoms with E-state index in [9.17, 15) is 38.8 Å². The molecular weight excluding hydrogens is 391 g/mol. The van der Waals surface area contributed by atoms with E-state index in [4.69, 9.17) is 4.55 Å². The maximum absolute atomic E-state index is 13.5. The smallest absolute Gasteiger partial charge is 0.356 e. The fraction of sp³-hybridized carbons (Fsp3) is 1.00. The zero-order chi connectivity index (χ0) is 18.3. The van der Waals surface area contributed by atoms with Gasteiger partial charge >= 0.3 is 21.5 Å². The number of hydrogen-bond acceptors (Lipinski definition) is 6. The highest BCUT2D eigenvalue weighted by atomic mass is 32.2. The van der Waals surface area contributed by atoms with Crippen molar-refractivity contribution in [1.82, 2.24) is 0 Å². The van der Waals surface area contributed by atoms with Crippen LogP contribution >= 0.6 is 0 Å². The predicted molar refractivity (Wildman–Crippen MR) is 65.0 cm³/mol. The number of ether oxygens (including phenoxy) is 1. The molecule has 7 nitrogen and oxygen atoms in total. The van der Waals surface area contributed by atoms with E-state index in [-0.39, 0.29) is 12.8 Å². The third-order valence-electron chi connectivity index (χ3n) is 4.65. The van der Waals surface area contributed by atoms with Crippen LogP contribution in [-0.2, 0) is 29.2 Å². The maximum atomic E-state index is 13.5. The van der Waals surface area contributed by atoms with Crippen molar-refractivity contribution in [3.63, 3.8) is 0 Å². The van der Waals surface area contributed by atoms with Gasteiger partial charge in [0.05, 0.1) is 11.4 Å². The van der Waals surface area contributed by atoms with Gasteiger partial charge in [0.25, 0.3) is 10.1 Å². The molecule has 14 heteroatoms. The van der Waals surface area contributed by atoms with Crippen molar-refractivity contribution in [3.8, 4) is 0 Å². The van der Waals surface area contributed by atoms with Crippen molar-refractivity contribution in [1.29, 1.82) is 0 Å². The fourth-order valence-electron chi connectivity index (χ4n) is 3.71. The van der Waals surface area contributed by atoms with E-state index in [1.807, 2.05) is 0 Å². The molecule has 3 rings (SSSR count). The average Bonchev–Trinajstić information content (AvgIpc) is 2.94. The molecule has 0 aromatic carbocycles. The van der Waals surface area contributed by atoms with E-state index in [0.717, 1.165) is 0 Å². The van der Waals surface area contributed by atoms with Crippen LogP contribution in [0.4, 0.5) is 22.0 Å². The second kappa shape index (κ2) is 4.99. The summed E-state index contributed by atoms with van der Waals surface area (Å²) in [6.07, 6.45) is -13.0. The van der Waals surface area contributed by atoms with Crippen LogP contribution in [0.1, 0.15) is 12.8 Å². The van der Waals surface area contributed by atoms with Gasteiger partial charge < -0.3 is 4.74 Å². The van der Waals surface area contributed by atoms with Gasteiger partial charge in [0, 0.05) is 5.92 Å². The van der Waals surface area contributed by atoms with Crippen molar-refractivity contribution >= 4 is 20.2 Å². The van der Waals surface area contributed by atoms with Crippen molar-refractivity contribution in [2.75, 3.05) is 0 Å². The lowest BCUT2D eigenvalue weighted by atomic mass is 9.94. The number of alkyl halides is 5. The van der Waals surface area contributed by atoms with Gasteiger partial charge in [-0.1, -0.05) is 0 Å². The van der Waals surface area contributed by atoms with Crippen LogP contribution in [0.2, 0.25) is 0 Å². The molecule has 1 heterocycles. The monoisotopic (exact) mass is 402 g/mol. The first-order chi connectivity index (χ1) is 10.7. The van der Waals surface area contributed by atoms with Crippen LogP contribution in [0.3, 0.4) is 0 Å². The van der Waals surface area contributed by atoms with E-state index in [0.29, 0.717) is 0 Å². The van der Waals surface area contributed by atoms with Crippen LogP contribution < -0.4 is 0 Å². The lowest BCUT2D eigenvalue weighted by Gasteiger charge is -2.33. The second-order valence-corrected chi connectivity index (χ2v) is 9.32. The van der Waals surface area contributed by atoms with E-state index < -0.39 is 67.1 Å². The van der Waals surface area contributed by atoms with E-state index in [1.54, 1.807) is 0 Å². The molecule has 1 N–H and O–H groups in total. The van der Waals surface area contributed by atoms with Gasteiger partial charge in [0.15, 0.2) is 0 Å². The molecule has 0 radical (unpaired) electrons. The van der Waals surface area contributed by atoms with Crippen molar-refractivity contribution in [2.24, 2.45) is 11.8 Å². The molecule has 2 bridgehead atoms. The summed E-state index contributed by atoms with van der Waals surface area (Å²) in [5.41, 5.74) is 0. The Bertz CT molecular complexity index is 746. The van der Waals surface area contributed by atoms with Gasteiger partial charge in [0.2, 0.25) is 6.10 Å². The highest BCUT2D eigenvalue weighted by molar-refractivity contribution is 7.87. The first-order valence-corrected chi connectivity index (χ1v) is 9.56. The van der Waals surface area contributed by atoms with E-state index in [2.05, 4.69) is 8.92 Å². The molecule has 1 aliphatic heterocycles. The van der Waals surface area contributed by atoms with Gasteiger partial charge in [-0.05, 0) is 18.8 Å². The summed E-state index contributed by atoms with van der Waals surface area (Å²) in [6.45, 7) is 0. The molecule has 2 saturated carbocycles. The Morgan fingerprint density at radius 1 is 1.17 bits per heavy atom. The summed E-state index contributed by atoms with van der Waals surface area (Å²) in [4.78, 5) is 0. The molecule has 3 aliphatic rings. The fourth-order valence-corrected chi connectivity index (χ4v) is 6.05. The van der Waals surface area contributed by atoms with Gasteiger partial charge in [-0.25, -0.2) is 0 Å². The Morgan fingerprint density at radius 3 is 2.25 bits per heavy atom. The standard InChI is InChI=1S/C10H11F5O7S2/c11-9(12,13)8(10(14,15)24(18,19)20)21-6-3-1-4-5(2-3)23(16,17)22-7(4)6/h3-8H,1-2H2,(H,18,19,20). The van der Waals surface area contributed by atoms with Gasteiger partial charge in [0.1, 0.15) is 6.10 Å². The Kier molecular flexibility index (Phi) is 3.79. The molecule has 140 valence electrons. The van der Waals surface area contributed by atoms with Crippen LogP contribution in [-0.4, -0.2) is 56.4 Å². The topological polar surface area (TPSA) is 107 Å². The van der Waals surface area contributed by atoms with Crippen LogP contribution in [0.25, 0.3) is 0 Å². The molecule has 6 unspecified atom stereocenters. The minimum Gasteiger partial charge on any atom is -0.356 e. The van der Waals surface area contributed by atoms with Crippen molar-refractivity contribution in [3.05, 3.63) is 0 Å². The normalized spacial score (nSPS) is 39.3. The van der Waals surface area contributed by atoms with Crippen LogP contribution in [0.5, 0.6) is 0 Å². The predicted octanol–water partition coefficient (Wildman–Crippen LogP) is 0.920. The van der Waals surface area contributed by atoms with E-state index >= 15 is 0 Å². The zero-order valence-corrected chi connectivity index (χ0v) is 13.1. The number of hydrogen-bond donors (Lipinski definition) is 1. The Hall–Kier alpha value is -0.570. The number of rotatable bonds is 4. The first kappa shape index (κ1) is 18.2. The molecular formula is C10H11F5O7S2. The minimum absolute atomic E-state index is 0.112. The Balaban J connectivity index is 1.91.